The molecule has 0 saturated carbocycles. The molecule has 3 rings (SSSR count). The molecular formula is C21H23NO2. The lowest BCUT2D eigenvalue weighted by molar-refractivity contribution is 0.122. The number of rotatable bonds is 5. The van der Waals surface area contributed by atoms with E-state index >= 15 is 0 Å². The first-order valence-corrected chi connectivity index (χ1v) is 8.25. The number of nitrogens with zero attached hydrogens (tertiary/aromatic N) is 1. The van der Waals surface area contributed by atoms with Crippen LogP contribution in [0.2, 0.25) is 0 Å². The van der Waals surface area contributed by atoms with Crippen molar-refractivity contribution in [3.8, 4) is 5.75 Å². The van der Waals surface area contributed by atoms with Crippen molar-refractivity contribution in [2.24, 2.45) is 0 Å². The smallest absolute Gasteiger partial charge is 0.130 e. The van der Waals surface area contributed by atoms with Crippen LogP contribution in [0.15, 0.2) is 66.9 Å². The van der Waals surface area contributed by atoms with Crippen LogP contribution in [0.5, 0.6) is 5.75 Å². The Morgan fingerprint density at radius 1 is 1.08 bits per heavy atom. The van der Waals surface area contributed by atoms with E-state index in [-0.39, 0.29) is 0 Å². The van der Waals surface area contributed by atoms with Gasteiger partial charge in [-0.05, 0) is 42.3 Å². The van der Waals surface area contributed by atoms with Gasteiger partial charge in [0, 0.05) is 18.8 Å². The Labute approximate surface area is 143 Å². The monoisotopic (exact) mass is 321 g/mol. The van der Waals surface area contributed by atoms with Crippen LogP contribution in [-0.2, 0) is 4.74 Å². The fourth-order valence-corrected chi connectivity index (χ4v) is 2.65. The van der Waals surface area contributed by atoms with Gasteiger partial charge in [-0.3, -0.25) is 0 Å². The summed E-state index contributed by atoms with van der Waals surface area (Å²) in [6.07, 6.45) is 3.92. The van der Waals surface area contributed by atoms with Crippen molar-refractivity contribution in [2.75, 3.05) is 31.2 Å². The van der Waals surface area contributed by atoms with Crippen LogP contribution in [-0.4, -0.2) is 26.3 Å². The standard InChI is InChI=1S/C21H23NO2/c1-17-5-3-4-6-21(17)24-18(2)7-8-19-9-11-20(12-10-19)22-13-15-23-16-14-22/h3-12H,2,13-16H2,1H3/b8-7+. The topological polar surface area (TPSA) is 21.7 Å². The van der Waals surface area contributed by atoms with Crippen LogP contribution in [0.25, 0.3) is 6.08 Å². The minimum Gasteiger partial charge on any atom is -0.458 e. The molecule has 0 radical (unpaired) electrons. The molecule has 0 aliphatic carbocycles. The maximum Gasteiger partial charge on any atom is 0.130 e. The van der Waals surface area contributed by atoms with Gasteiger partial charge in [0.25, 0.3) is 0 Å². The molecule has 24 heavy (non-hydrogen) atoms. The molecule has 1 saturated heterocycles. The molecule has 2 aromatic carbocycles. The highest BCUT2D eigenvalue weighted by Gasteiger charge is 2.10. The van der Waals surface area contributed by atoms with E-state index in [0.29, 0.717) is 5.76 Å². The fraction of sp³-hybridized carbons (Fsp3) is 0.238. The Balaban J connectivity index is 1.59. The molecule has 0 N–H and O–H groups in total. The zero-order chi connectivity index (χ0) is 16.8. The van der Waals surface area contributed by atoms with Crippen molar-refractivity contribution >= 4 is 11.8 Å². The Morgan fingerprint density at radius 2 is 1.79 bits per heavy atom. The lowest BCUT2D eigenvalue weighted by Gasteiger charge is -2.28. The van der Waals surface area contributed by atoms with E-state index in [0.717, 1.165) is 43.2 Å². The van der Waals surface area contributed by atoms with Crippen molar-refractivity contribution in [1.82, 2.24) is 0 Å². The Bertz CT molecular complexity index is 713. The van der Waals surface area contributed by atoms with E-state index < -0.39 is 0 Å². The largest absolute Gasteiger partial charge is 0.458 e. The molecule has 0 aromatic heterocycles. The van der Waals surface area contributed by atoms with E-state index in [1.165, 1.54) is 5.69 Å². The first kappa shape index (κ1) is 16.3. The number of benzene rings is 2. The van der Waals surface area contributed by atoms with Crippen LogP contribution < -0.4 is 9.64 Å². The van der Waals surface area contributed by atoms with E-state index in [2.05, 4.69) is 35.7 Å². The average molecular weight is 321 g/mol. The second-order valence-corrected chi connectivity index (χ2v) is 5.86. The molecular weight excluding hydrogens is 298 g/mol. The van der Waals surface area contributed by atoms with Crippen molar-refractivity contribution in [2.45, 2.75) is 6.92 Å². The first-order chi connectivity index (χ1) is 11.7. The Kier molecular flexibility index (Phi) is 5.34. The average Bonchev–Trinajstić information content (AvgIpc) is 2.63. The minimum absolute atomic E-state index is 0.626. The summed E-state index contributed by atoms with van der Waals surface area (Å²) < 4.78 is 11.2. The van der Waals surface area contributed by atoms with Crippen molar-refractivity contribution < 1.29 is 9.47 Å². The molecule has 0 amide bonds. The summed E-state index contributed by atoms with van der Waals surface area (Å²) in [6.45, 7) is 9.51. The molecule has 124 valence electrons. The van der Waals surface area contributed by atoms with Gasteiger partial charge in [-0.1, -0.05) is 43.0 Å². The minimum atomic E-state index is 0.626. The first-order valence-electron chi connectivity index (χ1n) is 8.25. The van der Waals surface area contributed by atoms with Crippen LogP contribution in [0.1, 0.15) is 11.1 Å². The van der Waals surface area contributed by atoms with Crippen LogP contribution in [0.3, 0.4) is 0 Å². The number of hydrogen-bond donors (Lipinski definition) is 0. The zero-order valence-corrected chi connectivity index (χ0v) is 14.1. The molecule has 1 aliphatic heterocycles. The number of para-hydroxylation sites is 1. The molecule has 3 nitrogen and oxygen atoms in total. The van der Waals surface area contributed by atoms with E-state index in [1.54, 1.807) is 0 Å². The van der Waals surface area contributed by atoms with Gasteiger partial charge < -0.3 is 14.4 Å². The highest BCUT2D eigenvalue weighted by molar-refractivity contribution is 5.57. The van der Waals surface area contributed by atoms with Gasteiger partial charge in [0.15, 0.2) is 0 Å². The summed E-state index contributed by atoms with van der Waals surface area (Å²) >= 11 is 0. The lowest BCUT2D eigenvalue weighted by atomic mass is 10.1. The summed E-state index contributed by atoms with van der Waals surface area (Å²) in [4.78, 5) is 2.34. The second-order valence-electron chi connectivity index (χ2n) is 5.86. The summed E-state index contributed by atoms with van der Waals surface area (Å²) in [6, 6.07) is 16.5. The molecule has 2 aromatic rings. The number of aryl methyl sites for hydroxylation is 1. The number of ether oxygens (including phenoxy) is 2. The molecule has 0 bridgehead atoms. The fourth-order valence-electron chi connectivity index (χ4n) is 2.65. The van der Waals surface area contributed by atoms with Gasteiger partial charge in [0.05, 0.1) is 13.2 Å². The van der Waals surface area contributed by atoms with Gasteiger partial charge >= 0.3 is 0 Å². The molecule has 3 heteroatoms. The Morgan fingerprint density at radius 3 is 2.50 bits per heavy atom. The molecule has 1 fully saturated rings. The summed E-state index contributed by atoms with van der Waals surface area (Å²) in [5.41, 5.74) is 3.47. The molecule has 1 aliphatic rings. The summed E-state index contributed by atoms with van der Waals surface area (Å²) in [7, 11) is 0. The molecule has 0 atom stereocenters. The maximum absolute atomic E-state index is 5.78. The third kappa shape index (κ3) is 4.27. The van der Waals surface area contributed by atoms with Gasteiger partial charge in [-0.15, -0.1) is 0 Å². The summed E-state index contributed by atoms with van der Waals surface area (Å²) in [5.74, 6) is 1.47. The van der Waals surface area contributed by atoms with Crippen molar-refractivity contribution in [3.05, 3.63) is 78.1 Å². The number of hydrogen-bond acceptors (Lipinski definition) is 3. The van der Waals surface area contributed by atoms with E-state index in [4.69, 9.17) is 9.47 Å². The molecule has 0 spiro atoms. The lowest BCUT2D eigenvalue weighted by Crippen LogP contribution is -2.36. The van der Waals surface area contributed by atoms with Gasteiger partial charge in [-0.25, -0.2) is 0 Å². The van der Waals surface area contributed by atoms with Gasteiger partial charge in [0.1, 0.15) is 11.5 Å². The third-order valence-electron chi connectivity index (χ3n) is 4.07. The highest BCUT2D eigenvalue weighted by atomic mass is 16.5. The van der Waals surface area contributed by atoms with Gasteiger partial charge in [0.2, 0.25) is 0 Å². The van der Waals surface area contributed by atoms with Gasteiger partial charge in [-0.2, -0.15) is 0 Å². The van der Waals surface area contributed by atoms with Crippen molar-refractivity contribution in [3.63, 3.8) is 0 Å². The second kappa shape index (κ2) is 7.84. The normalized spacial score (nSPS) is 14.8. The SMILES string of the molecule is C=C(/C=C/c1ccc(N2CCOCC2)cc1)Oc1ccccc1C. The Hall–Kier alpha value is -2.52. The quantitative estimate of drug-likeness (QED) is 0.600. The molecule has 1 heterocycles. The van der Waals surface area contributed by atoms with E-state index in [9.17, 15) is 0 Å². The third-order valence-corrected chi connectivity index (χ3v) is 4.07. The number of allylic oxidation sites excluding steroid dienone is 1. The van der Waals surface area contributed by atoms with Crippen LogP contribution in [0.4, 0.5) is 5.69 Å². The number of anilines is 1. The molecule has 0 unspecified atom stereocenters. The predicted octanol–water partition coefficient (Wildman–Crippen LogP) is 4.44. The highest BCUT2D eigenvalue weighted by Crippen LogP contribution is 2.20. The summed E-state index contributed by atoms with van der Waals surface area (Å²) in [5, 5.41) is 0. The van der Waals surface area contributed by atoms with E-state index in [1.807, 2.05) is 43.3 Å². The van der Waals surface area contributed by atoms with Crippen LogP contribution >= 0.6 is 0 Å². The predicted molar refractivity (Wildman–Crippen MR) is 99.5 cm³/mol. The van der Waals surface area contributed by atoms with Crippen molar-refractivity contribution in [1.29, 1.82) is 0 Å². The maximum atomic E-state index is 5.78. The zero-order valence-electron chi connectivity index (χ0n) is 14.1. The number of morpholine rings is 1. The van der Waals surface area contributed by atoms with Crippen LogP contribution in [0, 0.1) is 6.92 Å².